The van der Waals surface area contributed by atoms with Gasteiger partial charge in [-0.3, -0.25) is 14.6 Å². The van der Waals surface area contributed by atoms with Gasteiger partial charge in [-0.2, -0.15) is 0 Å². The van der Waals surface area contributed by atoms with Gasteiger partial charge >= 0.3 is 0 Å². The summed E-state index contributed by atoms with van der Waals surface area (Å²) in [7, 11) is 0. The summed E-state index contributed by atoms with van der Waals surface area (Å²) in [6.07, 6.45) is 9.28. The molecule has 2 rings (SSSR count). The normalized spacial score (nSPS) is 16.6. The topological polar surface area (TPSA) is 62.3 Å². The summed E-state index contributed by atoms with van der Waals surface area (Å²) in [4.78, 5) is 32.5. The second-order valence-electron chi connectivity index (χ2n) is 8.28. The molecule has 5 nitrogen and oxygen atoms in total. The Balaban J connectivity index is 2.45. The van der Waals surface area contributed by atoms with Gasteiger partial charge in [-0.25, -0.2) is 0 Å². The first-order chi connectivity index (χ1) is 12.3. The molecular weight excluding hydrogens is 326 g/mol. The number of nitrogens with one attached hydrogen (secondary N) is 1. The fourth-order valence-electron chi connectivity index (χ4n) is 3.62. The van der Waals surface area contributed by atoms with Crippen LogP contribution in [0.3, 0.4) is 0 Å². The summed E-state index contributed by atoms with van der Waals surface area (Å²) >= 11 is 0. The Kier molecular flexibility index (Phi) is 6.57. The molecule has 0 spiro atoms. The highest BCUT2D eigenvalue weighted by Gasteiger charge is 2.47. The smallest absolute Gasteiger partial charge is 0.256 e. The zero-order valence-electron chi connectivity index (χ0n) is 16.3. The highest BCUT2D eigenvalue weighted by atomic mass is 16.2. The van der Waals surface area contributed by atoms with Crippen LogP contribution in [0.4, 0.5) is 0 Å². The number of nitrogens with zero attached hydrogens (tertiary/aromatic N) is 2. The first-order valence-corrected chi connectivity index (χ1v) is 9.41. The van der Waals surface area contributed by atoms with Gasteiger partial charge in [-0.05, 0) is 30.4 Å². The van der Waals surface area contributed by atoms with E-state index >= 15 is 0 Å². The van der Waals surface area contributed by atoms with Crippen LogP contribution in [0.5, 0.6) is 0 Å². The lowest BCUT2D eigenvalue weighted by atomic mass is 9.77. The van der Waals surface area contributed by atoms with Crippen molar-refractivity contribution in [2.45, 2.75) is 58.4 Å². The molecule has 1 aromatic heterocycles. The van der Waals surface area contributed by atoms with E-state index in [1.165, 1.54) is 0 Å². The standard InChI is InChI=1S/C21H31N3O2/c1-5-13-23-19(26)21(11-7-6-8-12-21)24(16-20(2,3)4)18(25)17-10-9-14-22-15-17/h5,9-10,14-15H,1,6-8,11-13,16H2,2-4H3,(H,23,26). The zero-order valence-corrected chi connectivity index (χ0v) is 16.3. The molecule has 1 aliphatic rings. The number of carbonyl (C=O) groups excluding carboxylic acids is 2. The van der Waals surface area contributed by atoms with Crippen molar-refractivity contribution >= 4 is 11.8 Å². The summed E-state index contributed by atoms with van der Waals surface area (Å²) < 4.78 is 0. The fraction of sp³-hybridized carbons (Fsp3) is 0.571. The highest BCUT2D eigenvalue weighted by Crippen LogP contribution is 2.37. The minimum absolute atomic E-state index is 0.0707. The molecule has 1 saturated carbocycles. The SMILES string of the molecule is C=CCNC(=O)C1(N(CC(C)(C)C)C(=O)c2cccnc2)CCCCC1. The molecule has 1 aliphatic carbocycles. The molecule has 0 saturated heterocycles. The third-order valence-electron chi connectivity index (χ3n) is 4.81. The van der Waals surface area contributed by atoms with E-state index in [2.05, 4.69) is 37.7 Å². The Morgan fingerprint density at radius 3 is 2.54 bits per heavy atom. The van der Waals surface area contributed by atoms with Gasteiger partial charge < -0.3 is 10.2 Å². The zero-order chi connectivity index (χ0) is 19.2. The molecule has 0 atom stereocenters. The van der Waals surface area contributed by atoms with Crippen LogP contribution < -0.4 is 5.32 Å². The first kappa shape index (κ1) is 20.1. The average molecular weight is 357 g/mol. The van der Waals surface area contributed by atoms with Gasteiger partial charge in [0.2, 0.25) is 5.91 Å². The Labute approximate surface area is 156 Å². The summed E-state index contributed by atoms with van der Waals surface area (Å²) in [5.74, 6) is -0.192. The Bertz CT molecular complexity index is 628. The van der Waals surface area contributed by atoms with Crippen molar-refractivity contribution < 1.29 is 9.59 Å². The van der Waals surface area contributed by atoms with Crippen molar-refractivity contribution in [2.24, 2.45) is 5.41 Å². The van der Waals surface area contributed by atoms with E-state index < -0.39 is 5.54 Å². The monoisotopic (exact) mass is 357 g/mol. The van der Waals surface area contributed by atoms with Crippen LogP contribution in [-0.4, -0.2) is 40.3 Å². The van der Waals surface area contributed by atoms with E-state index in [0.717, 1.165) is 19.3 Å². The third kappa shape index (κ3) is 4.71. The second kappa shape index (κ2) is 8.47. The summed E-state index contributed by atoms with van der Waals surface area (Å²) in [6, 6.07) is 3.52. The van der Waals surface area contributed by atoms with Gasteiger partial charge in [0.25, 0.3) is 5.91 Å². The number of pyridine rings is 1. The maximum atomic E-state index is 13.4. The largest absolute Gasteiger partial charge is 0.351 e. The molecule has 0 unspecified atom stereocenters. The third-order valence-corrected chi connectivity index (χ3v) is 4.81. The lowest BCUT2D eigenvalue weighted by molar-refractivity contribution is -0.135. The molecule has 2 amide bonds. The predicted molar refractivity (Wildman–Crippen MR) is 104 cm³/mol. The van der Waals surface area contributed by atoms with Crippen molar-refractivity contribution in [1.29, 1.82) is 0 Å². The Morgan fingerprint density at radius 2 is 2.00 bits per heavy atom. The van der Waals surface area contributed by atoms with Crippen LogP contribution in [0.15, 0.2) is 37.2 Å². The Hall–Kier alpha value is -2.17. The van der Waals surface area contributed by atoms with Gasteiger partial charge in [-0.1, -0.05) is 46.1 Å². The minimum atomic E-state index is -0.804. The molecule has 0 radical (unpaired) electrons. The molecule has 0 bridgehead atoms. The van der Waals surface area contributed by atoms with Crippen molar-refractivity contribution in [2.75, 3.05) is 13.1 Å². The van der Waals surface area contributed by atoms with Gasteiger partial charge in [-0.15, -0.1) is 6.58 Å². The van der Waals surface area contributed by atoms with E-state index in [0.29, 0.717) is 31.5 Å². The second-order valence-corrected chi connectivity index (χ2v) is 8.28. The van der Waals surface area contributed by atoms with Crippen molar-refractivity contribution in [3.63, 3.8) is 0 Å². The predicted octanol–water partition coefficient (Wildman–Crippen LogP) is 3.58. The first-order valence-electron chi connectivity index (χ1n) is 9.41. The van der Waals surface area contributed by atoms with Gasteiger partial charge in [0.1, 0.15) is 5.54 Å². The van der Waals surface area contributed by atoms with Gasteiger partial charge in [0.05, 0.1) is 5.56 Å². The van der Waals surface area contributed by atoms with Crippen LogP contribution in [0, 0.1) is 5.41 Å². The summed E-state index contributed by atoms with van der Waals surface area (Å²) in [6.45, 7) is 10.9. The van der Waals surface area contributed by atoms with Crippen LogP contribution >= 0.6 is 0 Å². The molecule has 1 fully saturated rings. The maximum absolute atomic E-state index is 13.4. The summed E-state index contributed by atoms with van der Waals surface area (Å²) in [5, 5.41) is 2.95. The fourth-order valence-corrected chi connectivity index (χ4v) is 3.62. The minimum Gasteiger partial charge on any atom is -0.351 e. The molecular formula is C21H31N3O2. The number of hydrogen-bond acceptors (Lipinski definition) is 3. The van der Waals surface area contributed by atoms with E-state index in [4.69, 9.17) is 0 Å². The number of amides is 2. The molecule has 1 heterocycles. The van der Waals surface area contributed by atoms with Crippen LogP contribution in [0.1, 0.15) is 63.2 Å². The molecule has 0 aromatic carbocycles. The van der Waals surface area contributed by atoms with E-state index in [9.17, 15) is 9.59 Å². The lowest BCUT2D eigenvalue weighted by Gasteiger charge is -2.47. The quantitative estimate of drug-likeness (QED) is 0.792. The maximum Gasteiger partial charge on any atom is 0.256 e. The lowest BCUT2D eigenvalue weighted by Crippen LogP contribution is -2.63. The molecule has 0 aliphatic heterocycles. The van der Waals surface area contributed by atoms with Crippen molar-refractivity contribution in [1.82, 2.24) is 15.2 Å². The highest BCUT2D eigenvalue weighted by molar-refractivity contribution is 5.99. The molecule has 5 heteroatoms. The van der Waals surface area contributed by atoms with Gasteiger partial charge in [0.15, 0.2) is 0 Å². The Morgan fingerprint density at radius 1 is 1.31 bits per heavy atom. The van der Waals surface area contributed by atoms with Crippen LogP contribution in [-0.2, 0) is 4.79 Å². The van der Waals surface area contributed by atoms with Crippen molar-refractivity contribution in [3.8, 4) is 0 Å². The van der Waals surface area contributed by atoms with Crippen molar-refractivity contribution in [3.05, 3.63) is 42.7 Å². The molecule has 142 valence electrons. The molecule has 26 heavy (non-hydrogen) atoms. The summed E-state index contributed by atoms with van der Waals surface area (Å²) in [5.41, 5.74) is -0.402. The van der Waals surface area contributed by atoms with Crippen LogP contribution in [0.2, 0.25) is 0 Å². The van der Waals surface area contributed by atoms with E-state index in [-0.39, 0.29) is 17.2 Å². The molecule has 1 N–H and O–H groups in total. The van der Waals surface area contributed by atoms with E-state index in [1.54, 1.807) is 30.6 Å². The van der Waals surface area contributed by atoms with E-state index in [1.807, 2.05) is 4.90 Å². The van der Waals surface area contributed by atoms with Crippen LogP contribution in [0.25, 0.3) is 0 Å². The van der Waals surface area contributed by atoms with Gasteiger partial charge in [0, 0.05) is 25.5 Å². The molecule has 1 aromatic rings. The average Bonchev–Trinajstić information content (AvgIpc) is 2.64. The number of carbonyl (C=O) groups is 2. The number of aromatic nitrogens is 1. The number of hydrogen-bond donors (Lipinski definition) is 1. The number of rotatable bonds is 6.